The third-order valence-corrected chi connectivity index (χ3v) is 6.74. The summed E-state index contributed by atoms with van der Waals surface area (Å²) in [5, 5.41) is 0. The van der Waals surface area contributed by atoms with Crippen LogP contribution in [0.25, 0.3) is 33.6 Å². The van der Waals surface area contributed by atoms with Gasteiger partial charge in [-0.1, -0.05) is 36.4 Å². The Balaban J connectivity index is 1.45. The third kappa shape index (κ3) is 3.34. The van der Waals surface area contributed by atoms with Gasteiger partial charge in [0.15, 0.2) is 5.65 Å². The fourth-order valence-corrected chi connectivity index (χ4v) is 5.13. The first kappa shape index (κ1) is 18.8. The van der Waals surface area contributed by atoms with Crippen molar-refractivity contribution in [2.75, 3.05) is 6.54 Å². The van der Waals surface area contributed by atoms with Crippen molar-refractivity contribution in [2.24, 2.45) is 0 Å². The molecule has 0 radical (unpaired) electrons. The molecule has 30 heavy (non-hydrogen) atoms. The number of sulfonamides is 1. The highest BCUT2D eigenvalue weighted by Gasteiger charge is 2.20. The first-order valence-corrected chi connectivity index (χ1v) is 11.4. The molecule has 1 N–H and O–H groups in total. The van der Waals surface area contributed by atoms with Gasteiger partial charge >= 0.3 is 0 Å². The zero-order valence-corrected chi connectivity index (χ0v) is 17.3. The number of nitrogens with one attached hydrogen (secondary N) is 1. The molecule has 0 aliphatic heterocycles. The quantitative estimate of drug-likeness (QED) is 0.439. The molecule has 0 atom stereocenters. The van der Waals surface area contributed by atoms with Crippen molar-refractivity contribution in [3.8, 4) is 11.4 Å². The van der Waals surface area contributed by atoms with Crippen molar-refractivity contribution < 1.29 is 8.42 Å². The smallest absolute Gasteiger partial charge is 0.242 e. The van der Waals surface area contributed by atoms with Crippen LogP contribution in [0.5, 0.6) is 0 Å². The molecule has 0 unspecified atom stereocenters. The molecule has 0 fully saturated rings. The fourth-order valence-electron chi connectivity index (χ4n) is 3.35. The summed E-state index contributed by atoms with van der Waals surface area (Å²) >= 11 is 0.993. The Morgan fingerprint density at radius 3 is 2.63 bits per heavy atom. The van der Waals surface area contributed by atoms with Crippen molar-refractivity contribution in [3.63, 3.8) is 0 Å². The number of nitrogens with zero attached hydrogens (tertiary/aromatic N) is 5. The average Bonchev–Trinajstić information content (AvgIpc) is 3.39. The number of imidazole rings is 1. The van der Waals surface area contributed by atoms with Crippen molar-refractivity contribution in [2.45, 2.75) is 11.4 Å². The summed E-state index contributed by atoms with van der Waals surface area (Å²) in [5.41, 5.74) is 3.37. The molecule has 0 aliphatic rings. The van der Waals surface area contributed by atoms with E-state index in [0.29, 0.717) is 23.2 Å². The predicted octanol–water partition coefficient (Wildman–Crippen LogP) is 3.08. The first-order valence-electron chi connectivity index (χ1n) is 9.21. The van der Waals surface area contributed by atoms with Gasteiger partial charge in [-0.25, -0.2) is 23.1 Å². The summed E-state index contributed by atoms with van der Waals surface area (Å²) in [6.45, 7) is 0.556. The van der Waals surface area contributed by atoms with E-state index in [2.05, 4.69) is 18.5 Å². The van der Waals surface area contributed by atoms with Crippen LogP contribution in [0.1, 0.15) is 0 Å². The van der Waals surface area contributed by atoms with Gasteiger partial charge in [0.05, 0.1) is 11.7 Å². The Labute approximate surface area is 176 Å². The molecule has 8 nitrogen and oxygen atoms in total. The van der Waals surface area contributed by atoms with Gasteiger partial charge < -0.3 is 4.57 Å². The lowest BCUT2D eigenvalue weighted by Gasteiger charge is -2.11. The lowest BCUT2D eigenvalue weighted by molar-refractivity contribution is 0.575. The molecule has 10 heteroatoms. The third-order valence-electron chi connectivity index (χ3n) is 4.70. The van der Waals surface area contributed by atoms with Gasteiger partial charge in [0.2, 0.25) is 10.0 Å². The van der Waals surface area contributed by atoms with Crippen molar-refractivity contribution in [1.29, 1.82) is 0 Å². The summed E-state index contributed by atoms with van der Waals surface area (Å²) in [6.07, 6.45) is 1.70. The van der Waals surface area contributed by atoms with Gasteiger partial charge in [0.1, 0.15) is 27.3 Å². The lowest BCUT2D eigenvalue weighted by atomic mass is 10.2. The second kappa shape index (κ2) is 7.56. The molecule has 0 saturated heterocycles. The highest BCUT2D eigenvalue weighted by Crippen LogP contribution is 2.24. The zero-order valence-electron chi connectivity index (χ0n) is 15.6. The lowest BCUT2D eigenvalue weighted by Crippen LogP contribution is -2.28. The van der Waals surface area contributed by atoms with Gasteiger partial charge in [-0.15, -0.1) is 0 Å². The molecule has 0 bridgehead atoms. The van der Waals surface area contributed by atoms with E-state index in [0.717, 1.165) is 28.6 Å². The number of hydrogen-bond acceptors (Lipinski definition) is 7. The molecule has 0 aliphatic carbocycles. The number of fused-ring (bicyclic) bond motifs is 2. The molecule has 2 aromatic carbocycles. The fraction of sp³-hybridized carbons (Fsp3) is 0.100. The highest BCUT2D eigenvalue weighted by atomic mass is 32.2. The van der Waals surface area contributed by atoms with Crippen LogP contribution in [0.2, 0.25) is 0 Å². The minimum Gasteiger partial charge on any atom is -0.307 e. The Morgan fingerprint density at radius 1 is 0.933 bits per heavy atom. The summed E-state index contributed by atoms with van der Waals surface area (Å²) in [7, 11) is -3.74. The van der Waals surface area contributed by atoms with Crippen LogP contribution in [0.4, 0.5) is 0 Å². The Hall–Kier alpha value is -3.21. The van der Waals surface area contributed by atoms with E-state index in [-0.39, 0.29) is 11.4 Å². The summed E-state index contributed by atoms with van der Waals surface area (Å²) < 4.78 is 38.6. The second-order valence-corrected chi connectivity index (χ2v) is 8.85. The standard InChI is InChI=1S/C20H16N6O2S2/c27-30(28,17-10-4-8-15-18(17)25-29-24-15)22-12-13-26-19(14-6-2-1-3-7-14)23-16-9-5-11-21-20(16)26/h1-11,22H,12-13H2. The van der Waals surface area contributed by atoms with Gasteiger partial charge in [-0.3, -0.25) is 0 Å². The van der Waals surface area contributed by atoms with Crippen LogP contribution in [0.3, 0.4) is 0 Å². The average molecular weight is 437 g/mol. The maximum Gasteiger partial charge on any atom is 0.242 e. The summed E-state index contributed by atoms with van der Waals surface area (Å²) in [6, 6.07) is 18.4. The number of aromatic nitrogens is 5. The van der Waals surface area contributed by atoms with E-state index in [1.54, 1.807) is 18.3 Å². The molecular weight excluding hydrogens is 420 g/mol. The second-order valence-electron chi connectivity index (χ2n) is 6.59. The van der Waals surface area contributed by atoms with Gasteiger partial charge in [-0.2, -0.15) is 8.75 Å². The molecule has 5 aromatic rings. The molecule has 150 valence electrons. The monoisotopic (exact) mass is 436 g/mol. The molecular formula is C20H16N6O2S2. The number of hydrogen-bond donors (Lipinski definition) is 1. The van der Waals surface area contributed by atoms with Crippen molar-refractivity contribution in [1.82, 2.24) is 28.0 Å². The zero-order chi connectivity index (χ0) is 20.6. The largest absolute Gasteiger partial charge is 0.307 e. The maximum absolute atomic E-state index is 12.9. The minimum absolute atomic E-state index is 0.130. The van der Waals surface area contributed by atoms with E-state index >= 15 is 0 Å². The predicted molar refractivity (Wildman–Crippen MR) is 116 cm³/mol. The van der Waals surface area contributed by atoms with E-state index in [1.165, 1.54) is 6.07 Å². The summed E-state index contributed by atoms with van der Waals surface area (Å²) in [5.74, 6) is 0.745. The SMILES string of the molecule is O=S(=O)(NCCn1c(-c2ccccc2)nc2cccnc21)c1cccc2nsnc12. The highest BCUT2D eigenvalue weighted by molar-refractivity contribution is 7.89. The number of benzene rings is 2. The van der Waals surface area contributed by atoms with Gasteiger partial charge in [0, 0.05) is 24.8 Å². The molecule has 3 aromatic heterocycles. The molecule has 0 saturated carbocycles. The van der Waals surface area contributed by atoms with E-state index in [9.17, 15) is 8.42 Å². The number of pyridine rings is 1. The van der Waals surface area contributed by atoms with Gasteiger partial charge in [-0.05, 0) is 24.3 Å². The Bertz CT molecular complexity index is 1440. The summed E-state index contributed by atoms with van der Waals surface area (Å²) in [4.78, 5) is 9.27. The van der Waals surface area contributed by atoms with Crippen molar-refractivity contribution in [3.05, 3.63) is 66.9 Å². The van der Waals surface area contributed by atoms with Crippen LogP contribution in [0.15, 0.2) is 71.8 Å². The van der Waals surface area contributed by atoms with Crippen LogP contribution in [-0.2, 0) is 16.6 Å². The Kier molecular flexibility index (Phi) is 4.74. The maximum atomic E-state index is 12.9. The van der Waals surface area contributed by atoms with E-state index in [1.807, 2.05) is 47.0 Å². The minimum atomic E-state index is -3.74. The van der Waals surface area contributed by atoms with Crippen LogP contribution in [-0.4, -0.2) is 38.2 Å². The van der Waals surface area contributed by atoms with Crippen LogP contribution < -0.4 is 4.72 Å². The van der Waals surface area contributed by atoms with Crippen LogP contribution in [0, 0.1) is 0 Å². The van der Waals surface area contributed by atoms with E-state index in [4.69, 9.17) is 4.98 Å². The molecule has 5 rings (SSSR count). The molecule has 0 amide bonds. The first-order chi connectivity index (χ1) is 14.6. The van der Waals surface area contributed by atoms with E-state index < -0.39 is 10.0 Å². The normalized spacial score (nSPS) is 12.0. The molecule has 0 spiro atoms. The molecule has 3 heterocycles. The Morgan fingerprint density at radius 2 is 1.77 bits per heavy atom. The van der Waals surface area contributed by atoms with Crippen LogP contribution >= 0.6 is 11.7 Å². The number of rotatable bonds is 6. The van der Waals surface area contributed by atoms with Gasteiger partial charge in [0.25, 0.3) is 0 Å². The van der Waals surface area contributed by atoms with Crippen molar-refractivity contribution >= 4 is 43.9 Å². The topological polar surface area (TPSA) is 103 Å².